The van der Waals surface area contributed by atoms with Crippen molar-refractivity contribution < 1.29 is 18.7 Å². The number of aryl methyl sites for hydroxylation is 1. The first-order valence-electron chi connectivity index (χ1n) is 10.8. The highest BCUT2D eigenvalue weighted by Gasteiger charge is 2.19. The molecule has 0 fully saturated rings. The average molecular weight is 469 g/mol. The summed E-state index contributed by atoms with van der Waals surface area (Å²) in [6.07, 6.45) is 3.34. The Morgan fingerprint density at radius 3 is 2.65 bits per heavy atom. The fraction of sp³-hybridized carbons (Fsp3) is 0.348. The lowest BCUT2D eigenvalue weighted by Crippen LogP contribution is -2.28. The molecule has 3 heterocycles. The number of aliphatic hydroxyl groups is 1. The van der Waals surface area contributed by atoms with Gasteiger partial charge in [0.1, 0.15) is 17.0 Å². The number of nitrogens with two attached hydrogens (primary N) is 1. The van der Waals surface area contributed by atoms with Gasteiger partial charge in [-0.2, -0.15) is 4.52 Å². The summed E-state index contributed by atoms with van der Waals surface area (Å²) in [4.78, 5) is 26.7. The number of nitrogen functional groups attached to an aromatic ring is 1. The molecule has 0 aliphatic carbocycles. The standard InChI is InChI=1S/C23H25F2N7O2/c1-23(2,34)13-7-8-17(27-12-13)21(33)31(3)9-5-4-6-18-28-20-15-10-14(24)11-16(25)19(15)29-22(26)32(20)30-18/h7-8,10-12,34H,4-6,9H2,1-3H3,(H2,26,29). The second-order valence-corrected chi connectivity index (χ2v) is 8.69. The van der Waals surface area contributed by atoms with Crippen LogP contribution in [-0.2, 0) is 12.0 Å². The topological polar surface area (TPSA) is 123 Å². The molecule has 1 amide bonds. The van der Waals surface area contributed by atoms with Crippen molar-refractivity contribution in [3.05, 3.63) is 59.2 Å². The first kappa shape index (κ1) is 23.4. The Labute approximate surface area is 194 Å². The van der Waals surface area contributed by atoms with E-state index in [9.17, 15) is 18.7 Å². The summed E-state index contributed by atoms with van der Waals surface area (Å²) in [7, 11) is 1.69. The summed E-state index contributed by atoms with van der Waals surface area (Å²) < 4.78 is 29.1. The number of amides is 1. The molecule has 3 aromatic heterocycles. The third-order valence-corrected chi connectivity index (χ3v) is 5.54. The molecular formula is C23H25F2N7O2. The molecule has 4 rings (SSSR count). The zero-order chi connectivity index (χ0) is 24.6. The van der Waals surface area contributed by atoms with Crippen molar-refractivity contribution in [2.24, 2.45) is 0 Å². The second kappa shape index (κ2) is 8.90. The van der Waals surface area contributed by atoms with Crippen LogP contribution >= 0.6 is 0 Å². The lowest BCUT2D eigenvalue weighted by Gasteiger charge is -2.19. The number of unbranched alkanes of at least 4 members (excludes halogenated alkanes) is 1. The van der Waals surface area contributed by atoms with Crippen LogP contribution in [0, 0.1) is 11.6 Å². The van der Waals surface area contributed by atoms with Crippen molar-refractivity contribution in [2.45, 2.75) is 38.7 Å². The summed E-state index contributed by atoms with van der Waals surface area (Å²) in [5.74, 6) is -1.35. The summed E-state index contributed by atoms with van der Waals surface area (Å²) >= 11 is 0. The molecule has 0 atom stereocenters. The molecule has 0 aliphatic heterocycles. The lowest BCUT2D eigenvalue weighted by molar-refractivity contribution is 0.0761. The Kier molecular flexibility index (Phi) is 6.13. The fourth-order valence-electron chi connectivity index (χ4n) is 3.62. The van der Waals surface area contributed by atoms with Crippen LogP contribution in [0.1, 0.15) is 48.6 Å². The van der Waals surface area contributed by atoms with Gasteiger partial charge in [0.25, 0.3) is 5.91 Å². The monoisotopic (exact) mass is 469 g/mol. The Morgan fingerprint density at radius 2 is 1.97 bits per heavy atom. The Morgan fingerprint density at radius 1 is 1.21 bits per heavy atom. The average Bonchev–Trinajstić information content (AvgIpc) is 3.22. The van der Waals surface area contributed by atoms with Crippen LogP contribution in [0.15, 0.2) is 30.5 Å². The minimum atomic E-state index is -1.03. The minimum absolute atomic E-state index is 0.0415. The van der Waals surface area contributed by atoms with Gasteiger partial charge >= 0.3 is 0 Å². The molecule has 0 unspecified atom stereocenters. The molecule has 178 valence electrons. The predicted octanol–water partition coefficient (Wildman–Crippen LogP) is 2.86. The molecule has 0 spiro atoms. The quantitative estimate of drug-likeness (QED) is 0.399. The predicted molar refractivity (Wildman–Crippen MR) is 122 cm³/mol. The van der Waals surface area contributed by atoms with Gasteiger partial charge in [-0.15, -0.1) is 5.10 Å². The number of rotatable bonds is 7. The van der Waals surface area contributed by atoms with E-state index in [1.807, 2.05) is 0 Å². The largest absolute Gasteiger partial charge is 0.386 e. The van der Waals surface area contributed by atoms with E-state index in [0.717, 1.165) is 12.1 Å². The third kappa shape index (κ3) is 4.65. The summed E-state index contributed by atoms with van der Waals surface area (Å²) in [6, 6.07) is 5.19. The van der Waals surface area contributed by atoms with E-state index in [4.69, 9.17) is 5.73 Å². The van der Waals surface area contributed by atoms with Gasteiger partial charge in [-0.1, -0.05) is 6.07 Å². The molecule has 1 aromatic carbocycles. The minimum Gasteiger partial charge on any atom is -0.386 e. The van der Waals surface area contributed by atoms with Crippen molar-refractivity contribution in [1.29, 1.82) is 0 Å². The molecule has 11 heteroatoms. The van der Waals surface area contributed by atoms with Gasteiger partial charge in [0.2, 0.25) is 5.95 Å². The van der Waals surface area contributed by atoms with Crippen LogP contribution in [0.4, 0.5) is 14.7 Å². The lowest BCUT2D eigenvalue weighted by atomic mass is 10.0. The zero-order valence-corrected chi connectivity index (χ0v) is 19.1. The highest BCUT2D eigenvalue weighted by Crippen LogP contribution is 2.24. The number of fused-ring (bicyclic) bond motifs is 3. The molecule has 0 saturated carbocycles. The van der Waals surface area contributed by atoms with Gasteiger partial charge in [0, 0.05) is 37.8 Å². The highest BCUT2D eigenvalue weighted by molar-refractivity contribution is 5.93. The van der Waals surface area contributed by atoms with Crippen molar-refractivity contribution in [3.8, 4) is 0 Å². The summed E-state index contributed by atoms with van der Waals surface area (Å²) in [5, 5.41) is 14.5. The van der Waals surface area contributed by atoms with E-state index >= 15 is 0 Å². The molecule has 0 radical (unpaired) electrons. The number of carbonyl (C=O) groups is 1. The molecule has 0 bridgehead atoms. The number of hydrogen-bond acceptors (Lipinski definition) is 7. The number of aromatic nitrogens is 5. The normalized spacial score (nSPS) is 11.9. The van der Waals surface area contributed by atoms with Crippen LogP contribution in [0.2, 0.25) is 0 Å². The van der Waals surface area contributed by atoms with E-state index in [2.05, 4.69) is 20.1 Å². The smallest absolute Gasteiger partial charge is 0.272 e. The number of pyridine rings is 1. The summed E-state index contributed by atoms with van der Waals surface area (Å²) in [6.45, 7) is 3.79. The van der Waals surface area contributed by atoms with Crippen LogP contribution in [0.5, 0.6) is 0 Å². The first-order valence-corrected chi connectivity index (χ1v) is 10.8. The van der Waals surface area contributed by atoms with E-state index in [-0.39, 0.29) is 28.4 Å². The Balaban J connectivity index is 1.39. The van der Waals surface area contributed by atoms with E-state index in [1.165, 1.54) is 10.7 Å². The van der Waals surface area contributed by atoms with E-state index < -0.39 is 17.2 Å². The molecule has 0 saturated heterocycles. The van der Waals surface area contributed by atoms with Crippen molar-refractivity contribution >= 4 is 28.4 Å². The van der Waals surface area contributed by atoms with Crippen LogP contribution in [0.3, 0.4) is 0 Å². The second-order valence-electron chi connectivity index (χ2n) is 8.69. The van der Waals surface area contributed by atoms with E-state index in [1.54, 1.807) is 37.9 Å². The van der Waals surface area contributed by atoms with Gasteiger partial charge in [0.15, 0.2) is 17.3 Å². The Hall–Kier alpha value is -3.73. The molecule has 4 aromatic rings. The van der Waals surface area contributed by atoms with Gasteiger partial charge in [-0.25, -0.2) is 18.7 Å². The van der Waals surface area contributed by atoms with Gasteiger partial charge in [0.05, 0.1) is 11.0 Å². The summed E-state index contributed by atoms with van der Waals surface area (Å²) in [5.41, 5.74) is 5.96. The molecule has 0 aliphatic rings. The van der Waals surface area contributed by atoms with Gasteiger partial charge in [-0.3, -0.25) is 9.78 Å². The van der Waals surface area contributed by atoms with Crippen molar-refractivity contribution in [2.75, 3.05) is 19.3 Å². The molecule has 34 heavy (non-hydrogen) atoms. The fourth-order valence-corrected chi connectivity index (χ4v) is 3.62. The van der Waals surface area contributed by atoms with Gasteiger partial charge < -0.3 is 15.7 Å². The zero-order valence-electron chi connectivity index (χ0n) is 19.1. The van der Waals surface area contributed by atoms with Crippen LogP contribution < -0.4 is 5.73 Å². The maximum atomic E-state index is 14.1. The molecule has 9 nitrogen and oxygen atoms in total. The highest BCUT2D eigenvalue weighted by atomic mass is 19.1. The number of anilines is 1. The maximum absolute atomic E-state index is 14.1. The number of benzene rings is 1. The van der Waals surface area contributed by atoms with Crippen molar-refractivity contribution in [3.63, 3.8) is 0 Å². The van der Waals surface area contributed by atoms with Crippen LogP contribution in [0.25, 0.3) is 16.6 Å². The molecular weight excluding hydrogens is 444 g/mol. The number of halogens is 2. The number of hydrogen-bond donors (Lipinski definition) is 2. The third-order valence-electron chi connectivity index (χ3n) is 5.54. The van der Waals surface area contributed by atoms with E-state index in [0.29, 0.717) is 42.9 Å². The van der Waals surface area contributed by atoms with Crippen molar-refractivity contribution in [1.82, 2.24) is 29.5 Å². The Bertz CT molecular complexity index is 1360. The maximum Gasteiger partial charge on any atom is 0.272 e. The molecule has 3 N–H and O–H groups in total. The first-order chi connectivity index (χ1) is 16.0. The number of carbonyl (C=O) groups excluding carboxylic acids is 1. The van der Waals surface area contributed by atoms with Gasteiger partial charge in [-0.05, 0) is 38.8 Å². The number of nitrogens with zero attached hydrogens (tertiary/aromatic N) is 6. The van der Waals surface area contributed by atoms with Crippen LogP contribution in [-0.4, -0.2) is 54.1 Å². The SMILES string of the molecule is CN(CCCCc1nc2c3cc(F)cc(F)c3nc(N)n2n1)C(=O)c1ccc(C(C)(C)O)cn1.